The van der Waals surface area contributed by atoms with Gasteiger partial charge >= 0.3 is 0 Å². The first-order chi connectivity index (χ1) is 12.3. The molecule has 2 aliphatic carbocycles. The monoisotopic (exact) mass is 338 g/mol. The van der Waals surface area contributed by atoms with Crippen LogP contribution in [0.5, 0.6) is 0 Å². The molecule has 2 saturated carbocycles. The van der Waals surface area contributed by atoms with Crippen LogP contribution in [0.3, 0.4) is 0 Å². The van der Waals surface area contributed by atoms with E-state index in [4.69, 9.17) is 0 Å². The molecule has 1 spiro atoms. The maximum absolute atomic E-state index is 12.9. The first-order valence-electron chi connectivity index (χ1n) is 9.17. The van der Waals surface area contributed by atoms with E-state index in [1.807, 2.05) is 11.2 Å². The lowest BCUT2D eigenvalue weighted by atomic mass is 9.62. The van der Waals surface area contributed by atoms with Crippen molar-refractivity contribution in [2.45, 2.75) is 44.6 Å². The van der Waals surface area contributed by atoms with Crippen LogP contribution in [0.25, 0.3) is 0 Å². The average molecular weight is 338 g/mol. The highest BCUT2D eigenvalue weighted by Gasteiger charge is 2.53. The summed E-state index contributed by atoms with van der Waals surface area (Å²) in [5.74, 6) is 2.18. The van der Waals surface area contributed by atoms with Crippen LogP contribution in [0.15, 0.2) is 25.0 Å². The Kier molecular flexibility index (Phi) is 3.36. The smallest absolute Gasteiger partial charge is 0.257 e. The summed E-state index contributed by atoms with van der Waals surface area (Å²) in [4.78, 5) is 22.8. The van der Waals surface area contributed by atoms with E-state index in [0.717, 1.165) is 31.4 Å². The van der Waals surface area contributed by atoms with Crippen molar-refractivity contribution in [3.63, 3.8) is 0 Å². The molecule has 7 heteroatoms. The maximum Gasteiger partial charge on any atom is 0.257 e. The summed E-state index contributed by atoms with van der Waals surface area (Å²) in [6.07, 6.45) is 12.7. The molecular weight excluding hydrogens is 316 g/mol. The zero-order valence-corrected chi connectivity index (χ0v) is 14.2. The van der Waals surface area contributed by atoms with E-state index in [0.29, 0.717) is 5.56 Å². The minimum atomic E-state index is 0.0302. The molecule has 0 radical (unpaired) electrons. The number of rotatable bonds is 4. The van der Waals surface area contributed by atoms with E-state index in [1.54, 1.807) is 12.4 Å². The minimum absolute atomic E-state index is 0.0302. The summed E-state index contributed by atoms with van der Waals surface area (Å²) >= 11 is 0. The highest BCUT2D eigenvalue weighted by molar-refractivity contribution is 5.93. The Balaban J connectivity index is 1.42. The lowest BCUT2D eigenvalue weighted by Gasteiger charge is -2.42. The SMILES string of the molecule is O=C(c1cncnc1)N1CC(c2nncn2CC2CC2)C2(CCC2)C1. The van der Waals surface area contributed by atoms with Crippen LogP contribution in [0.1, 0.15) is 54.2 Å². The average Bonchev–Trinajstić information content (AvgIpc) is 3.15. The number of nitrogens with zero attached hydrogens (tertiary/aromatic N) is 6. The topological polar surface area (TPSA) is 76.8 Å². The quantitative estimate of drug-likeness (QED) is 0.851. The zero-order chi connectivity index (χ0) is 16.9. The van der Waals surface area contributed by atoms with Crippen LogP contribution in [-0.2, 0) is 6.54 Å². The van der Waals surface area contributed by atoms with E-state index >= 15 is 0 Å². The van der Waals surface area contributed by atoms with Gasteiger partial charge in [-0.05, 0) is 37.0 Å². The molecule has 25 heavy (non-hydrogen) atoms. The molecule has 3 heterocycles. The first kappa shape index (κ1) is 15.0. The Morgan fingerprint density at radius 1 is 1.24 bits per heavy atom. The highest BCUT2D eigenvalue weighted by Crippen LogP contribution is 2.55. The van der Waals surface area contributed by atoms with Crippen LogP contribution in [0.2, 0.25) is 0 Å². The van der Waals surface area contributed by atoms with Gasteiger partial charge in [0, 0.05) is 37.9 Å². The maximum atomic E-state index is 12.9. The van der Waals surface area contributed by atoms with Crippen molar-refractivity contribution in [2.75, 3.05) is 13.1 Å². The summed E-state index contributed by atoms with van der Waals surface area (Å²) in [5, 5.41) is 8.66. The van der Waals surface area contributed by atoms with Gasteiger partial charge in [0.2, 0.25) is 0 Å². The van der Waals surface area contributed by atoms with E-state index in [2.05, 4.69) is 24.7 Å². The van der Waals surface area contributed by atoms with Gasteiger partial charge in [0.15, 0.2) is 0 Å². The van der Waals surface area contributed by atoms with Crippen LogP contribution < -0.4 is 0 Å². The first-order valence-corrected chi connectivity index (χ1v) is 9.17. The fourth-order valence-corrected chi connectivity index (χ4v) is 4.46. The predicted octanol–water partition coefficient (Wildman–Crippen LogP) is 1.89. The third-order valence-electron chi connectivity index (χ3n) is 6.20. The summed E-state index contributed by atoms with van der Waals surface area (Å²) in [6, 6.07) is 0. The van der Waals surface area contributed by atoms with Crippen molar-refractivity contribution in [3.05, 3.63) is 36.4 Å². The van der Waals surface area contributed by atoms with Gasteiger partial charge in [-0.1, -0.05) is 6.42 Å². The molecule has 2 aromatic rings. The van der Waals surface area contributed by atoms with E-state index < -0.39 is 0 Å². The molecule has 0 aromatic carbocycles. The second-order valence-electron chi connectivity index (χ2n) is 7.87. The Morgan fingerprint density at radius 3 is 2.72 bits per heavy atom. The Labute approximate surface area is 146 Å². The normalized spacial score (nSPS) is 24.5. The Hall–Kier alpha value is -2.31. The molecule has 1 atom stereocenters. The molecule has 130 valence electrons. The second-order valence-corrected chi connectivity index (χ2v) is 7.87. The lowest BCUT2D eigenvalue weighted by molar-refractivity contribution is 0.0722. The van der Waals surface area contributed by atoms with Gasteiger partial charge in [-0.3, -0.25) is 4.79 Å². The second kappa shape index (κ2) is 5.61. The van der Waals surface area contributed by atoms with Gasteiger partial charge in [-0.15, -0.1) is 10.2 Å². The van der Waals surface area contributed by atoms with Crippen molar-refractivity contribution >= 4 is 5.91 Å². The van der Waals surface area contributed by atoms with E-state index in [-0.39, 0.29) is 17.2 Å². The van der Waals surface area contributed by atoms with Crippen molar-refractivity contribution in [3.8, 4) is 0 Å². The summed E-state index contributed by atoms with van der Waals surface area (Å²) < 4.78 is 2.24. The van der Waals surface area contributed by atoms with Crippen molar-refractivity contribution < 1.29 is 4.79 Å². The van der Waals surface area contributed by atoms with Crippen molar-refractivity contribution in [1.82, 2.24) is 29.6 Å². The standard InChI is InChI=1S/C18H22N6O/c25-17(14-6-19-11-20-7-14)23-9-15(18(10-23)4-1-5-18)16-22-21-12-24(16)8-13-2-3-13/h6-7,11-13,15H,1-5,8-10H2. The van der Waals surface area contributed by atoms with Crippen LogP contribution >= 0.6 is 0 Å². The van der Waals surface area contributed by atoms with Crippen molar-refractivity contribution in [2.24, 2.45) is 11.3 Å². The largest absolute Gasteiger partial charge is 0.337 e. The molecule has 3 aliphatic rings. The summed E-state index contributed by atoms with van der Waals surface area (Å²) in [7, 11) is 0. The van der Waals surface area contributed by atoms with E-state index in [9.17, 15) is 4.79 Å². The predicted molar refractivity (Wildman–Crippen MR) is 89.7 cm³/mol. The molecule has 0 bridgehead atoms. The van der Waals surface area contributed by atoms with Gasteiger partial charge in [0.25, 0.3) is 5.91 Å². The molecule has 5 rings (SSSR count). The number of amides is 1. The Morgan fingerprint density at radius 2 is 2.04 bits per heavy atom. The van der Waals surface area contributed by atoms with Crippen LogP contribution in [-0.4, -0.2) is 48.6 Å². The number of hydrogen-bond donors (Lipinski definition) is 0. The van der Waals surface area contributed by atoms with Gasteiger partial charge in [0.1, 0.15) is 18.5 Å². The number of hydrogen-bond acceptors (Lipinski definition) is 5. The van der Waals surface area contributed by atoms with Crippen LogP contribution in [0.4, 0.5) is 0 Å². The number of carbonyl (C=O) groups is 1. The van der Waals surface area contributed by atoms with E-state index in [1.165, 1.54) is 38.4 Å². The molecular formula is C18H22N6O. The van der Waals surface area contributed by atoms with Gasteiger partial charge in [-0.2, -0.15) is 0 Å². The van der Waals surface area contributed by atoms with Crippen molar-refractivity contribution in [1.29, 1.82) is 0 Å². The number of aromatic nitrogens is 5. The van der Waals surface area contributed by atoms with Gasteiger partial charge < -0.3 is 9.47 Å². The molecule has 1 saturated heterocycles. The lowest BCUT2D eigenvalue weighted by Crippen LogP contribution is -2.38. The fourth-order valence-electron chi connectivity index (χ4n) is 4.46. The third kappa shape index (κ3) is 2.53. The molecule has 1 unspecified atom stereocenters. The summed E-state index contributed by atoms with van der Waals surface area (Å²) in [5.41, 5.74) is 0.747. The molecule has 3 fully saturated rings. The molecule has 1 aliphatic heterocycles. The fraction of sp³-hybridized carbons (Fsp3) is 0.611. The molecule has 1 amide bonds. The van der Waals surface area contributed by atoms with Gasteiger partial charge in [-0.25, -0.2) is 9.97 Å². The number of likely N-dealkylation sites (tertiary alicyclic amines) is 1. The number of carbonyl (C=O) groups excluding carboxylic acids is 1. The Bertz CT molecular complexity index is 780. The van der Waals surface area contributed by atoms with Gasteiger partial charge in [0.05, 0.1) is 5.56 Å². The zero-order valence-electron chi connectivity index (χ0n) is 14.2. The molecule has 0 N–H and O–H groups in total. The van der Waals surface area contributed by atoms with Crippen LogP contribution in [0, 0.1) is 11.3 Å². The summed E-state index contributed by atoms with van der Waals surface area (Å²) in [6.45, 7) is 2.55. The third-order valence-corrected chi connectivity index (χ3v) is 6.20. The molecule has 7 nitrogen and oxygen atoms in total. The minimum Gasteiger partial charge on any atom is -0.337 e. The molecule has 2 aromatic heterocycles. The highest BCUT2D eigenvalue weighted by atomic mass is 16.2.